The first-order valence-corrected chi connectivity index (χ1v) is 10.5. The van der Waals surface area contributed by atoms with E-state index < -0.39 is 23.9 Å². The molecule has 0 spiro atoms. The first-order chi connectivity index (χ1) is 15.4. The number of benzene rings is 2. The van der Waals surface area contributed by atoms with E-state index in [0.29, 0.717) is 17.0 Å². The minimum absolute atomic E-state index is 0.235. The van der Waals surface area contributed by atoms with Gasteiger partial charge in [0.25, 0.3) is 0 Å². The quantitative estimate of drug-likeness (QED) is 0.552. The molecule has 2 saturated heterocycles. The fourth-order valence-corrected chi connectivity index (χ4v) is 5.06. The van der Waals surface area contributed by atoms with Gasteiger partial charge in [-0.2, -0.15) is 5.10 Å². The normalized spacial score (nSPS) is 25.8. The molecular formula is C25H23N3O4. The highest BCUT2D eigenvalue weighted by Crippen LogP contribution is 2.46. The number of Topliss-reactive ketones (excluding diaryl/α,β-unsaturated/α-hetero) is 1. The molecule has 7 nitrogen and oxygen atoms in total. The van der Waals surface area contributed by atoms with Crippen molar-refractivity contribution in [3.8, 4) is 5.75 Å². The van der Waals surface area contributed by atoms with Crippen LogP contribution in [0.4, 0.5) is 5.69 Å². The summed E-state index contributed by atoms with van der Waals surface area (Å²) in [5.74, 6) is -1.70. The van der Waals surface area contributed by atoms with Crippen LogP contribution < -0.4 is 9.64 Å². The summed E-state index contributed by atoms with van der Waals surface area (Å²) >= 11 is 0. The number of hydrazone groups is 1. The standard InChI is InChI=1S/C25H23N3O4/c1-14-6-11-18(15(2)13-14)27-24(30)20-19-5-4-12-26-28(19)22(21(20)25(27)31)23(29)16-7-9-17(32-3)10-8-16/h4-13,19-22H,1-3H3/t19?,20-,21-,22+/m0/s1. The first-order valence-electron chi connectivity index (χ1n) is 10.5. The predicted octanol–water partition coefficient (Wildman–Crippen LogP) is 2.91. The molecule has 5 rings (SSSR count). The summed E-state index contributed by atoms with van der Waals surface area (Å²) in [6.45, 7) is 3.85. The smallest absolute Gasteiger partial charge is 0.240 e. The summed E-state index contributed by atoms with van der Waals surface area (Å²) in [6.07, 6.45) is 5.20. The second kappa shape index (κ2) is 7.44. The number of allylic oxidation sites excluding steroid dienone is 1. The average Bonchev–Trinajstić information content (AvgIpc) is 3.27. The van der Waals surface area contributed by atoms with Crippen molar-refractivity contribution in [2.75, 3.05) is 12.0 Å². The van der Waals surface area contributed by atoms with Gasteiger partial charge in [-0.15, -0.1) is 0 Å². The molecule has 2 aromatic carbocycles. The number of aryl methyl sites for hydroxylation is 2. The lowest BCUT2D eigenvalue weighted by Gasteiger charge is -2.30. The molecule has 0 aliphatic carbocycles. The highest BCUT2D eigenvalue weighted by Gasteiger charge is 2.64. The fourth-order valence-electron chi connectivity index (χ4n) is 5.06. The Morgan fingerprint density at radius 3 is 2.41 bits per heavy atom. The number of methoxy groups -OCH3 is 1. The molecule has 0 N–H and O–H groups in total. The lowest BCUT2D eigenvalue weighted by atomic mass is 9.86. The third-order valence-corrected chi connectivity index (χ3v) is 6.53. The Morgan fingerprint density at radius 1 is 1.00 bits per heavy atom. The second-order valence-corrected chi connectivity index (χ2v) is 8.41. The first kappa shape index (κ1) is 20.2. The number of rotatable bonds is 4. The molecule has 32 heavy (non-hydrogen) atoms. The van der Waals surface area contributed by atoms with E-state index in [1.54, 1.807) is 54.7 Å². The van der Waals surface area contributed by atoms with Crippen LogP contribution in [-0.2, 0) is 9.59 Å². The van der Waals surface area contributed by atoms with Crippen molar-refractivity contribution in [3.63, 3.8) is 0 Å². The molecule has 0 bridgehead atoms. The van der Waals surface area contributed by atoms with E-state index in [1.807, 2.05) is 32.1 Å². The molecule has 2 amide bonds. The van der Waals surface area contributed by atoms with E-state index in [0.717, 1.165) is 11.1 Å². The Labute approximate surface area is 186 Å². The Kier molecular flexibility index (Phi) is 4.69. The summed E-state index contributed by atoms with van der Waals surface area (Å²) in [5.41, 5.74) is 2.92. The van der Waals surface area contributed by atoms with Crippen LogP contribution in [0.15, 0.2) is 59.7 Å². The lowest BCUT2D eigenvalue weighted by Crippen LogP contribution is -2.46. The van der Waals surface area contributed by atoms with Gasteiger partial charge < -0.3 is 4.74 Å². The molecule has 162 valence electrons. The summed E-state index contributed by atoms with van der Waals surface area (Å²) in [4.78, 5) is 42.1. The van der Waals surface area contributed by atoms with Gasteiger partial charge in [0, 0.05) is 11.8 Å². The molecule has 4 atom stereocenters. The van der Waals surface area contributed by atoms with E-state index in [-0.39, 0.29) is 17.6 Å². The largest absolute Gasteiger partial charge is 0.497 e. The number of amides is 2. The average molecular weight is 429 g/mol. The Morgan fingerprint density at radius 2 is 1.72 bits per heavy atom. The number of imide groups is 1. The van der Waals surface area contributed by atoms with Crippen LogP contribution in [0.1, 0.15) is 21.5 Å². The summed E-state index contributed by atoms with van der Waals surface area (Å²) < 4.78 is 5.18. The van der Waals surface area contributed by atoms with E-state index >= 15 is 0 Å². The number of hydrogen-bond donors (Lipinski definition) is 0. The van der Waals surface area contributed by atoms with E-state index in [4.69, 9.17) is 4.74 Å². The number of nitrogens with zero attached hydrogens (tertiary/aromatic N) is 3. The number of ketones is 1. The van der Waals surface area contributed by atoms with Gasteiger partial charge in [-0.25, -0.2) is 4.90 Å². The summed E-state index contributed by atoms with van der Waals surface area (Å²) in [5, 5.41) is 6.01. The number of hydrogen-bond acceptors (Lipinski definition) is 6. The predicted molar refractivity (Wildman–Crippen MR) is 120 cm³/mol. The Bertz CT molecular complexity index is 1180. The van der Waals surface area contributed by atoms with Crippen molar-refractivity contribution < 1.29 is 19.1 Å². The van der Waals surface area contributed by atoms with E-state index in [2.05, 4.69) is 5.10 Å². The second-order valence-electron chi connectivity index (χ2n) is 8.41. The molecule has 0 aromatic heterocycles. The van der Waals surface area contributed by atoms with Gasteiger partial charge in [-0.05, 0) is 55.8 Å². The molecule has 2 fully saturated rings. The zero-order valence-corrected chi connectivity index (χ0v) is 18.1. The van der Waals surface area contributed by atoms with Gasteiger partial charge in [0.2, 0.25) is 11.8 Å². The van der Waals surface area contributed by atoms with Crippen LogP contribution in [-0.4, -0.2) is 48.0 Å². The van der Waals surface area contributed by atoms with Crippen LogP contribution >= 0.6 is 0 Å². The van der Waals surface area contributed by atoms with Gasteiger partial charge in [-0.1, -0.05) is 23.8 Å². The maximum absolute atomic E-state index is 13.7. The number of carbonyl (C=O) groups excluding carboxylic acids is 3. The number of carbonyl (C=O) groups is 3. The third kappa shape index (κ3) is 2.88. The molecule has 3 heterocycles. The van der Waals surface area contributed by atoms with Gasteiger partial charge >= 0.3 is 0 Å². The van der Waals surface area contributed by atoms with Crippen LogP contribution in [0.25, 0.3) is 0 Å². The van der Waals surface area contributed by atoms with Crippen molar-refractivity contribution in [2.45, 2.75) is 25.9 Å². The molecular weight excluding hydrogens is 406 g/mol. The minimum Gasteiger partial charge on any atom is -0.497 e. The van der Waals surface area contributed by atoms with Gasteiger partial charge in [0.15, 0.2) is 5.78 Å². The molecule has 3 aliphatic rings. The highest BCUT2D eigenvalue weighted by atomic mass is 16.5. The van der Waals surface area contributed by atoms with Crippen molar-refractivity contribution >= 4 is 29.5 Å². The van der Waals surface area contributed by atoms with E-state index in [9.17, 15) is 14.4 Å². The SMILES string of the molecule is COc1ccc(C(=O)[C@H]2[C@H]3C(=O)N(c4ccc(C)cc4C)C(=O)[C@H]3C3C=CC=NN32)cc1. The number of ether oxygens (including phenoxy) is 1. The lowest BCUT2D eigenvalue weighted by molar-refractivity contribution is -0.123. The Balaban J connectivity index is 1.57. The van der Waals surface area contributed by atoms with Crippen molar-refractivity contribution in [1.29, 1.82) is 0 Å². The van der Waals surface area contributed by atoms with Gasteiger partial charge in [0.05, 0.1) is 30.7 Å². The van der Waals surface area contributed by atoms with Crippen LogP contribution in [0, 0.1) is 25.7 Å². The monoisotopic (exact) mass is 429 g/mol. The topological polar surface area (TPSA) is 79.3 Å². The van der Waals surface area contributed by atoms with Crippen LogP contribution in [0.2, 0.25) is 0 Å². The van der Waals surface area contributed by atoms with Gasteiger partial charge in [-0.3, -0.25) is 19.4 Å². The van der Waals surface area contributed by atoms with Crippen molar-refractivity contribution in [3.05, 3.63) is 71.3 Å². The van der Waals surface area contributed by atoms with Crippen LogP contribution in [0.5, 0.6) is 5.75 Å². The summed E-state index contributed by atoms with van der Waals surface area (Å²) in [7, 11) is 1.56. The summed E-state index contributed by atoms with van der Waals surface area (Å²) in [6, 6.07) is 11.1. The van der Waals surface area contributed by atoms with E-state index in [1.165, 1.54) is 4.90 Å². The van der Waals surface area contributed by atoms with Crippen molar-refractivity contribution in [2.24, 2.45) is 16.9 Å². The Hall–Kier alpha value is -3.74. The number of fused-ring (bicyclic) bond motifs is 3. The van der Waals surface area contributed by atoms with Crippen LogP contribution in [0.3, 0.4) is 0 Å². The van der Waals surface area contributed by atoms with Gasteiger partial charge in [0.1, 0.15) is 11.8 Å². The molecule has 3 aliphatic heterocycles. The molecule has 2 aromatic rings. The molecule has 1 unspecified atom stereocenters. The molecule has 0 saturated carbocycles. The maximum Gasteiger partial charge on any atom is 0.240 e. The maximum atomic E-state index is 13.7. The fraction of sp³-hybridized carbons (Fsp3) is 0.280. The zero-order valence-electron chi connectivity index (χ0n) is 18.1. The minimum atomic E-state index is -0.855. The van der Waals surface area contributed by atoms with Crippen molar-refractivity contribution in [1.82, 2.24) is 5.01 Å². The molecule has 7 heteroatoms. The third-order valence-electron chi connectivity index (χ3n) is 6.53. The zero-order chi connectivity index (χ0) is 22.6. The highest BCUT2D eigenvalue weighted by molar-refractivity contribution is 6.25. The number of anilines is 1. The molecule has 0 radical (unpaired) electrons.